The van der Waals surface area contributed by atoms with E-state index in [9.17, 15) is 10.2 Å². The van der Waals surface area contributed by atoms with E-state index in [1.807, 2.05) is 48.3 Å². The Bertz CT molecular complexity index is 1940. The predicted molar refractivity (Wildman–Crippen MR) is 214 cm³/mol. The fourth-order valence-electron chi connectivity index (χ4n) is 8.78. The SMILES string of the molecule is C=CCO[C@@]12Oc3ccc(Oc4ccc5ccccc5c4)cc3[C@H]3[C@H](CCCCO)[C@@H](CCCCO)C=C(C(=NOC)C[C@@H]1SCCc1cnccn1)[C@H]32. The lowest BCUT2D eigenvalue weighted by Gasteiger charge is -2.58. The summed E-state index contributed by atoms with van der Waals surface area (Å²) in [5, 5.41) is 26.5. The van der Waals surface area contributed by atoms with Crippen molar-refractivity contribution >= 4 is 28.2 Å². The Morgan fingerprint density at radius 2 is 1.78 bits per heavy atom. The third-order valence-corrected chi connectivity index (χ3v) is 12.4. The first-order valence-electron chi connectivity index (χ1n) is 19.2. The number of allylic oxidation sites excluding steroid dienone is 1. The summed E-state index contributed by atoms with van der Waals surface area (Å²) < 4.78 is 20.9. The van der Waals surface area contributed by atoms with Gasteiger partial charge in [-0.1, -0.05) is 60.5 Å². The van der Waals surface area contributed by atoms with Crippen LogP contribution in [0.15, 0.2) is 109 Å². The number of benzene rings is 3. The van der Waals surface area contributed by atoms with Crippen LogP contribution in [0.5, 0.6) is 17.2 Å². The molecule has 2 N–H and O–H groups in total. The minimum absolute atomic E-state index is 0.0121. The number of rotatable bonds is 18. The van der Waals surface area contributed by atoms with Gasteiger partial charge in [0.1, 0.15) is 24.4 Å². The molecule has 7 rings (SSSR count). The van der Waals surface area contributed by atoms with E-state index in [0.29, 0.717) is 13.0 Å². The second-order valence-electron chi connectivity index (χ2n) is 14.4. The monoisotopic (exact) mass is 749 g/mol. The highest BCUT2D eigenvalue weighted by atomic mass is 32.2. The van der Waals surface area contributed by atoms with E-state index in [4.69, 9.17) is 24.2 Å². The van der Waals surface area contributed by atoms with E-state index in [1.54, 1.807) is 25.6 Å². The lowest BCUT2D eigenvalue weighted by atomic mass is 9.56. The number of oxime groups is 1. The Morgan fingerprint density at radius 1 is 0.981 bits per heavy atom. The molecular weight excluding hydrogens is 699 g/mol. The number of aliphatic hydroxyl groups excluding tert-OH is 2. The van der Waals surface area contributed by atoms with Crippen LogP contribution in [0.4, 0.5) is 0 Å². The largest absolute Gasteiger partial charge is 0.460 e. The van der Waals surface area contributed by atoms with Crippen molar-refractivity contribution < 1.29 is 29.3 Å². The third-order valence-electron chi connectivity index (χ3n) is 11.1. The van der Waals surface area contributed by atoms with Gasteiger partial charge < -0.3 is 29.3 Å². The summed E-state index contributed by atoms with van der Waals surface area (Å²) in [6.45, 7) is 4.68. The van der Waals surface area contributed by atoms with Gasteiger partial charge in [0.2, 0.25) is 5.79 Å². The Kier molecular flexibility index (Phi) is 12.6. The number of thioether (sulfide) groups is 1. The molecule has 0 saturated heterocycles. The van der Waals surface area contributed by atoms with E-state index < -0.39 is 5.79 Å². The maximum absolute atomic E-state index is 9.88. The molecule has 0 spiro atoms. The molecule has 3 aliphatic rings. The van der Waals surface area contributed by atoms with Gasteiger partial charge in [-0.05, 0) is 89.9 Å². The Labute approximate surface area is 322 Å². The van der Waals surface area contributed by atoms with Crippen LogP contribution >= 0.6 is 11.8 Å². The van der Waals surface area contributed by atoms with Gasteiger partial charge in [-0.25, -0.2) is 0 Å². The first-order chi connectivity index (χ1) is 26.6. The standard InChI is InChI=1S/C44H51N3O6S/c1-3-23-51-44-41(54-24-18-33-29-45-19-20-46-33)28-39(47-50-2)37-26-32(12-6-8-21-48)36(13-7-9-22-49)42(43(37)44)38-27-35(16-17-40(38)53-44)52-34-15-14-30-10-4-5-11-31(30)25-34/h3-5,10-11,14-17,19-20,25-27,29,32,36,41-43,48-49H,1,6-9,12-13,18,21-24,28H2,2H3/t32-,36+,41-,42+,43+,44+/m0/s1. The zero-order valence-electron chi connectivity index (χ0n) is 31.0. The average molecular weight is 750 g/mol. The Morgan fingerprint density at radius 3 is 2.56 bits per heavy atom. The number of hydrogen-bond donors (Lipinski definition) is 2. The first-order valence-corrected chi connectivity index (χ1v) is 20.3. The molecule has 0 unspecified atom stereocenters. The second kappa shape index (κ2) is 17.9. The van der Waals surface area contributed by atoms with Gasteiger partial charge in [0, 0.05) is 56.1 Å². The zero-order chi connectivity index (χ0) is 37.3. The lowest BCUT2D eigenvalue weighted by molar-refractivity contribution is -0.223. The maximum atomic E-state index is 9.88. The van der Waals surface area contributed by atoms with Crippen molar-refractivity contribution in [2.75, 3.05) is 32.7 Å². The molecule has 0 bridgehead atoms. The maximum Gasteiger partial charge on any atom is 0.230 e. The van der Waals surface area contributed by atoms with Crippen LogP contribution < -0.4 is 9.47 Å². The normalized spacial score (nSPS) is 25.0. The van der Waals surface area contributed by atoms with E-state index in [-0.39, 0.29) is 42.1 Å². The smallest absolute Gasteiger partial charge is 0.230 e. The van der Waals surface area contributed by atoms with Gasteiger partial charge in [-0.15, -0.1) is 6.58 Å². The van der Waals surface area contributed by atoms with Crippen molar-refractivity contribution in [3.63, 3.8) is 0 Å². The number of aryl methyl sites for hydroxylation is 1. The average Bonchev–Trinajstić information content (AvgIpc) is 3.20. The van der Waals surface area contributed by atoms with Crippen molar-refractivity contribution in [1.82, 2.24) is 9.97 Å². The number of nitrogens with zero attached hydrogens (tertiary/aromatic N) is 3. The molecule has 1 fully saturated rings. The van der Waals surface area contributed by atoms with Crippen LogP contribution in [0.1, 0.15) is 62.1 Å². The number of hydrogen-bond acceptors (Lipinski definition) is 10. The van der Waals surface area contributed by atoms with Gasteiger partial charge in [0.05, 0.1) is 29.2 Å². The van der Waals surface area contributed by atoms with E-state index in [0.717, 1.165) is 101 Å². The summed E-state index contributed by atoms with van der Waals surface area (Å²) in [5.74, 6) is 2.27. The van der Waals surface area contributed by atoms with Crippen molar-refractivity contribution in [2.45, 2.75) is 68.3 Å². The molecule has 284 valence electrons. The topological polar surface area (TPSA) is 116 Å². The molecule has 0 radical (unpaired) electrons. The molecule has 54 heavy (non-hydrogen) atoms. The molecule has 1 aliphatic heterocycles. The molecule has 10 heteroatoms. The van der Waals surface area contributed by atoms with Gasteiger partial charge in [0.15, 0.2) is 0 Å². The van der Waals surface area contributed by atoms with Crippen molar-refractivity contribution in [3.05, 3.63) is 115 Å². The number of aliphatic hydroxyl groups is 2. The van der Waals surface area contributed by atoms with Crippen molar-refractivity contribution in [2.24, 2.45) is 22.9 Å². The molecule has 0 amide bonds. The van der Waals surface area contributed by atoms with Crippen LogP contribution in [-0.4, -0.2) is 69.6 Å². The number of aromatic nitrogens is 2. The minimum Gasteiger partial charge on any atom is -0.460 e. The molecule has 2 heterocycles. The van der Waals surface area contributed by atoms with Gasteiger partial charge >= 0.3 is 0 Å². The van der Waals surface area contributed by atoms with Crippen molar-refractivity contribution in [1.29, 1.82) is 0 Å². The number of unbranched alkanes of at least 4 members (excludes halogenated alkanes) is 2. The molecule has 3 aromatic carbocycles. The second-order valence-corrected chi connectivity index (χ2v) is 15.7. The van der Waals surface area contributed by atoms with Gasteiger partial charge in [0.25, 0.3) is 0 Å². The van der Waals surface area contributed by atoms with Crippen LogP contribution in [0.2, 0.25) is 0 Å². The molecule has 9 nitrogen and oxygen atoms in total. The molecule has 6 atom stereocenters. The Hall–Kier alpha value is -4.22. The zero-order valence-corrected chi connectivity index (χ0v) is 31.8. The molecule has 1 aromatic heterocycles. The molecule has 4 aromatic rings. The fraction of sp³-hybridized carbons (Fsp3) is 0.432. The van der Waals surface area contributed by atoms with Crippen LogP contribution in [0.25, 0.3) is 10.8 Å². The summed E-state index contributed by atoms with van der Waals surface area (Å²) >= 11 is 1.82. The van der Waals surface area contributed by atoms with Crippen LogP contribution in [-0.2, 0) is 16.0 Å². The lowest BCUT2D eigenvalue weighted by Crippen LogP contribution is -2.64. The quantitative estimate of drug-likeness (QED) is 0.0586. The summed E-state index contributed by atoms with van der Waals surface area (Å²) in [4.78, 5) is 14.3. The van der Waals surface area contributed by atoms with E-state index in [2.05, 4.69) is 53.0 Å². The highest BCUT2D eigenvalue weighted by Crippen LogP contribution is 2.62. The highest BCUT2D eigenvalue weighted by Gasteiger charge is 2.63. The Balaban J connectivity index is 1.35. The van der Waals surface area contributed by atoms with Gasteiger partial charge in [-0.2, -0.15) is 11.8 Å². The minimum atomic E-state index is -1.02. The third kappa shape index (κ3) is 8.08. The van der Waals surface area contributed by atoms with Gasteiger partial charge in [-0.3, -0.25) is 9.97 Å². The summed E-state index contributed by atoms with van der Waals surface area (Å²) in [7, 11) is 1.61. The molecule has 2 aliphatic carbocycles. The predicted octanol–water partition coefficient (Wildman–Crippen LogP) is 8.66. The van der Waals surface area contributed by atoms with Crippen LogP contribution in [0.3, 0.4) is 0 Å². The highest BCUT2D eigenvalue weighted by molar-refractivity contribution is 8.00. The van der Waals surface area contributed by atoms with Crippen molar-refractivity contribution in [3.8, 4) is 17.2 Å². The van der Waals surface area contributed by atoms with E-state index in [1.165, 1.54) is 0 Å². The summed E-state index contributed by atoms with van der Waals surface area (Å²) in [6, 6.07) is 20.7. The summed E-state index contributed by atoms with van der Waals surface area (Å²) in [5.41, 5.74) is 4.05. The number of ether oxygens (including phenoxy) is 3. The molecular formula is C44H51N3O6S. The number of fused-ring (bicyclic) bond motifs is 3. The molecule has 1 saturated carbocycles. The van der Waals surface area contributed by atoms with Crippen LogP contribution in [0, 0.1) is 17.8 Å². The first kappa shape index (κ1) is 38.1. The summed E-state index contributed by atoms with van der Waals surface area (Å²) in [6.07, 6.45) is 15.9. The van der Waals surface area contributed by atoms with E-state index >= 15 is 0 Å². The fourth-order valence-corrected chi connectivity index (χ4v) is 10.2.